The molecule has 1 N–H and O–H groups in total. The molecular formula is C26H32N6O2S. The van der Waals surface area contributed by atoms with E-state index in [9.17, 15) is 9.59 Å². The first-order chi connectivity index (χ1) is 16.9. The van der Waals surface area contributed by atoms with Gasteiger partial charge in [0, 0.05) is 44.5 Å². The molecule has 2 heterocycles. The van der Waals surface area contributed by atoms with Crippen LogP contribution in [0.5, 0.6) is 0 Å². The average Bonchev–Trinajstić information content (AvgIpc) is 3.23. The van der Waals surface area contributed by atoms with Gasteiger partial charge < -0.3 is 14.8 Å². The molecule has 2 aromatic carbocycles. The molecule has 4 rings (SSSR count). The summed E-state index contributed by atoms with van der Waals surface area (Å²) in [5, 5.41) is 12.3. The number of carbonyl (C=O) groups excluding carboxylic acids is 2. The number of carbonyl (C=O) groups is 2. The Morgan fingerprint density at radius 2 is 1.71 bits per heavy atom. The molecule has 0 radical (unpaired) electrons. The van der Waals surface area contributed by atoms with Crippen molar-refractivity contribution >= 4 is 29.3 Å². The predicted molar refractivity (Wildman–Crippen MR) is 139 cm³/mol. The maximum Gasteiger partial charge on any atom is 0.238 e. The first-order valence-corrected chi connectivity index (χ1v) is 12.9. The summed E-state index contributed by atoms with van der Waals surface area (Å²) >= 11 is 1.40. The SMILES string of the molecule is CCc1ccccc1NC(=O)CN1CCN(C(=O)CSc2nnc(-c3ccc(C)cc3)n2C)CC1. The van der Waals surface area contributed by atoms with E-state index < -0.39 is 0 Å². The van der Waals surface area contributed by atoms with Crippen molar-refractivity contribution in [2.24, 2.45) is 7.05 Å². The van der Waals surface area contributed by atoms with Crippen molar-refractivity contribution in [2.45, 2.75) is 25.4 Å². The topological polar surface area (TPSA) is 83.4 Å². The number of nitrogens with one attached hydrogen (secondary N) is 1. The van der Waals surface area contributed by atoms with E-state index in [-0.39, 0.29) is 11.8 Å². The fourth-order valence-corrected chi connectivity index (χ4v) is 4.92. The van der Waals surface area contributed by atoms with Crippen LogP contribution in [0.1, 0.15) is 18.1 Å². The van der Waals surface area contributed by atoms with Gasteiger partial charge in [0.25, 0.3) is 0 Å². The molecular weight excluding hydrogens is 460 g/mol. The van der Waals surface area contributed by atoms with Crippen molar-refractivity contribution in [3.05, 3.63) is 59.7 Å². The molecule has 35 heavy (non-hydrogen) atoms. The van der Waals surface area contributed by atoms with Crippen LogP contribution in [-0.2, 0) is 23.1 Å². The third kappa shape index (κ3) is 6.29. The third-order valence-corrected chi connectivity index (χ3v) is 7.24. The minimum absolute atomic E-state index is 0.0205. The van der Waals surface area contributed by atoms with Gasteiger partial charge in [-0.25, -0.2) is 0 Å². The molecule has 0 saturated carbocycles. The van der Waals surface area contributed by atoms with Crippen molar-refractivity contribution in [3.8, 4) is 11.4 Å². The summed E-state index contributed by atoms with van der Waals surface area (Å²) in [7, 11) is 1.92. The number of aromatic nitrogens is 3. The average molecular weight is 493 g/mol. The third-order valence-electron chi connectivity index (χ3n) is 6.23. The Kier molecular flexibility index (Phi) is 8.20. The second-order valence-electron chi connectivity index (χ2n) is 8.74. The summed E-state index contributed by atoms with van der Waals surface area (Å²) in [6, 6.07) is 16.0. The highest BCUT2D eigenvalue weighted by molar-refractivity contribution is 7.99. The molecule has 2 amide bonds. The number of piperazine rings is 1. The molecule has 1 saturated heterocycles. The lowest BCUT2D eigenvalue weighted by Gasteiger charge is -2.34. The van der Waals surface area contributed by atoms with Gasteiger partial charge in [-0.3, -0.25) is 14.5 Å². The first-order valence-electron chi connectivity index (χ1n) is 11.9. The zero-order chi connectivity index (χ0) is 24.8. The highest BCUT2D eigenvalue weighted by Crippen LogP contribution is 2.23. The number of hydrogen-bond acceptors (Lipinski definition) is 6. The summed E-state index contributed by atoms with van der Waals surface area (Å²) in [6.45, 7) is 7.05. The molecule has 3 aromatic rings. The second-order valence-corrected chi connectivity index (χ2v) is 9.68. The Hall–Kier alpha value is -3.17. The number of anilines is 1. The van der Waals surface area contributed by atoms with Gasteiger partial charge in [-0.2, -0.15) is 0 Å². The normalized spacial score (nSPS) is 14.2. The van der Waals surface area contributed by atoms with Gasteiger partial charge in [0.1, 0.15) is 0 Å². The van der Waals surface area contributed by atoms with Gasteiger partial charge >= 0.3 is 0 Å². The highest BCUT2D eigenvalue weighted by Gasteiger charge is 2.23. The van der Waals surface area contributed by atoms with Gasteiger partial charge in [0.2, 0.25) is 11.8 Å². The van der Waals surface area contributed by atoms with E-state index in [1.807, 2.05) is 65.0 Å². The van der Waals surface area contributed by atoms with E-state index in [1.54, 1.807) is 0 Å². The van der Waals surface area contributed by atoms with Gasteiger partial charge in [0.05, 0.1) is 12.3 Å². The Morgan fingerprint density at radius 3 is 2.43 bits per heavy atom. The number of thioether (sulfide) groups is 1. The summed E-state index contributed by atoms with van der Waals surface area (Å²) in [5.41, 5.74) is 4.20. The Balaban J connectivity index is 1.23. The largest absolute Gasteiger partial charge is 0.339 e. The van der Waals surface area contributed by atoms with Crippen LogP contribution < -0.4 is 5.32 Å². The quantitative estimate of drug-likeness (QED) is 0.486. The van der Waals surface area contributed by atoms with Crippen molar-refractivity contribution in [2.75, 3.05) is 43.8 Å². The zero-order valence-corrected chi connectivity index (χ0v) is 21.3. The number of amides is 2. The number of rotatable bonds is 8. The molecule has 1 fully saturated rings. The van der Waals surface area contributed by atoms with E-state index in [0.29, 0.717) is 38.5 Å². The summed E-state index contributed by atoms with van der Waals surface area (Å²) in [6.07, 6.45) is 0.872. The fourth-order valence-electron chi connectivity index (χ4n) is 4.11. The molecule has 0 unspecified atom stereocenters. The molecule has 0 aliphatic carbocycles. The summed E-state index contributed by atoms with van der Waals surface area (Å²) in [4.78, 5) is 29.3. The molecule has 184 valence electrons. The lowest BCUT2D eigenvalue weighted by Crippen LogP contribution is -2.50. The Morgan fingerprint density at radius 1 is 1.00 bits per heavy atom. The van der Waals surface area contributed by atoms with Crippen LogP contribution in [0.25, 0.3) is 11.4 Å². The summed E-state index contributed by atoms with van der Waals surface area (Å²) in [5.74, 6) is 1.16. The van der Waals surface area contributed by atoms with Crippen LogP contribution in [0.2, 0.25) is 0 Å². The van der Waals surface area contributed by atoms with Crippen molar-refractivity contribution in [1.82, 2.24) is 24.6 Å². The molecule has 9 heteroatoms. The van der Waals surface area contributed by atoms with Crippen molar-refractivity contribution in [3.63, 3.8) is 0 Å². The molecule has 0 atom stereocenters. The van der Waals surface area contributed by atoms with E-state index in [1.165, 1.54) is 17.3 Å². The molecule has 1 aromatic heterocycles. The maximum atomic E-state index is 12.8. The van der Waals surface area contributed by atoms with Gasteiger partial charge in [0.15, 0.2) is 11.0 Å². The zero-order valence-electron chi connectivity index (χ0n) is 20.5. The molecule has 0 spiro atoms. The van der Waals surface area contributed by atoms with Crippen LogP contribution >= 0.6 is 11.8 Å². The van der Waals surface area contributed by atoms with Gasteiger partial charge in [-0.1, -0.05) is 66.7 Å². The Labute approximate surface area is 210 Å². The van der Waals surface area contributed by atoms with Crippen LogP contribution in [0.3, 0.4) is 0 Å². The Bertz CT molecular complexity index is 1170. The smallest absolute Gasteiger partial charge is 0.238 e. The number of para-hydroxylation sites is 1. The fraction of sp³-hybridized carbons (Fsp3) is 0.385. The van der Waals surface area contributed by atoms with Crippen molar-refractivity contribution in [1.29, 1.82) is 0 Å². The lowest BCUT2D eigenvalue weighted by atomic mass is 10.1. The molecule has 1 aliphatic heterocycles. The minimum atomic E-state index is -0.0205. The monoisotopic (exact) mass is 492 g/mol. The predicted octanol–water partition coefficient (Wildman–Crippen LogP) is 3.23. The van der Waals surface area contributed by atoms with Crippen LogP contribution in [0.15, 0.2) is 53.7 Å². The van der Waals surface area contributed by atoms with Gasteiger partial charge in [-0.15, -0.1) is 10.2 Å². The van der Waals surface area contributed by atoms with Crippen molar-refractivity contribution < 1.29 is 9.59 Å². The van der Waals surface area contributed by atoms with E-state index in [2.05, 4.69) is 34.3 Å². The first kappa shape index (κ1) is 24.9. The minimum Gasteiger partial charge on any atom is -0.339 e. The van der Waals surface area contributed by atoms with E-state index in [0.717, 1.165) is 34.2 Å². The van der Waals surface area contributed by atoms with Crippen LogP contribution in [0, 0.1) is 6.92 Å². The highest BCUT2D eigenvalue weighted by atomic mass is 32.2. The van der Waals surface area contributed by atoms with E-state index in [4.69, 9.17) is 0 Å². The van der Waals surface area contributed by atoms with Crippen LogP contribution in [-0.4, -0.2) is 74.9 Å². The number of nitrogens with zero attached hydrogens (tertiary/aromatic N) is 5. The maximum absolute atomic E-state index is 12.8. The van der Waals surface area contributed by atoms with Gasteiger partial charge in [-0.05, 0) is 25.0 Å². The van der Waals surface area contributed by atoms with Crippen LogP contribution in [0.4, 0.5) is 5.69 Å². The number of hydrogen-bond donors (Lipinski definition) is 1. The lowest BCUT2D eigenvalue weighted by molar-refractivity contribution is -0.130. The molecule has 1 aliphatic rings. The standard InChI is InChI=1S/C26H32N6O2S/c1-4-20-7-5-6-8-22(20)27-23(33)17-31-13-15-32(16-14-31)24(34)18-35-26-29-28-25(30(26)3)21-11-9-19(2)10-12-21/h5-12H,4,13-18H2,1-3H3,(H,27,33). The van der Waals surface area contributed by atoms with E-state index >= 15 is 0 Å². The number of benzene rings is 2. The molecule has 0 bridgehead atoms. The second kappa shape index (κ2) is 11.5. The number of aryl methyl sites for hydroxylation is 2. The summed E-state index contributed by atoms with van der Waals surface area (Å²) < 4.78 is 1.93. The molecule has 8 nitrogen and oxygen atoms in total.